The third kappa shape index (κ3) is 4.25. The summed E-state index contributed by atoms with van der Waals surface area (Å²) in [6.45, 7) is 13.5. The van der Waals surface area contributed by atoms with Crippen molar-refractivity contribution in [2.45, 2.75) is 71.4 Å². The number of nitrogens with two attached hydrogens (primary N) is 1. The van der Waals surface area contributed by atoms with Crippen molar-refractivity contribution < 1.29 is 4.74 Å². The Kier molecular flexibility index (Phi) is 6.13. The Bertz CT molecular complexity index is 413. The molecule has 0 aliphatic heterocycles. The molecule has 3 N–H and O–H groups in total. The molecule has 0 aromatic carbocycles. The summed E-state index contributed by atoms with van der Waals surface area (Å²) in [5, 5.41) is 3.25. The first-order valence-electron chi connectivity index (χ1n) is 7.31. The van der Waals surface area contributed by atoms with Gasteiger partial charge in [-0.2, -0.15) is 0 Å². The molecule has 0 amide bonds. The van der Waals surface area contributed by atoms with Crippen molar-refractivity contribution in [2.75, 3.05) is 6.61 Å². The molecule has 0 aliphatic rings. The highest BCUT2D eigenvalue weighted by Gasteiger charge is 2.33. The van der Waals surface area contributed by atoms with E-state index in [4.69, 9.17) is 15.6 Å². The maximum Gasteiger partial charge on any atom is 0.0945 e. The minimum Gasteiger partial charge on any atom is -0.374 e. The number of hydrazine groups is 1. The van der Waals surface area contributed by atoms with Crippen molar-refractivity contribution in [2.24, 2.45) is 5.84 Å². The van der Waals surface area contributed by atoms with Gasteiger partial charge in [0.25, 0.3) is 0 Å². The average molecular weight is 299 g/mol. The first-order chi connectivity index (χ1) is 9.26. The summed E-state index contributed by atoms with van der Waals surface area (Å²) in [4.78, 5) is 4.74. The lowest BCUT2D eigenvalue weighted by Gasteiger charge is -2.36. The number of nitrogens with one attached hydrogen (secondary N) is 1. The van der Waals surface area contributed by atoms with E-state index in [-0.39, 0.29) is 17.1 Å². The van der Waals surface area contributed by atoms with E-state index >= 15 is 0 Å². The molecule has 1 aromatic heterocycles. The van der Waals surface area contributed by atoms with Crippen molar-refractivity contribution in [1.29, 1.82) is 0 Å². The Morgan fingerprint density at radius 1 is 1.35 bits per heavy atom. The lowest BCUT2D eigenvalue weighted by Crippen LogP contribution is -2.54. The van der Waals surface area contributed by atoms with Gasteiger partial charge in [-0.1, -0.05) is 27.7 Å². The number of thiazole rings is 1. The van der Waals surface area contributed by atoms with Crippen LogP contribution in [-0.4, -0.2) is 23.2 Å². The number of ether oxygens (including phenoxy) is 1. The third-order valence-electron chi connectivity index (χ3n) is 3.81. The van der Waals surface area contributed by atoms with Crippen LogP contribution in [0, 0.1) is 0 Å². The van der Waals surface area contributed by atoms with Crippen LogP contribution in [0.4, 0.5) is 0 Å². The summed E-state index contributed by atoms with van der Waals surface area (Å²) in [7, 11) is 0. The highest BCUT2D eigenvalue weighted by Crippen LogP contribution is 2.27. The lowest BCUT2D eigenvalue weighted by atomic mass is 9.91. The van der Waals surface area contributed by atoms with Gasteiger partial charge in [0.1, 0.15) is 0 Å². The Hall–Kier alpha value is -0.490. The molecule has 0 radical (unpaired) electrons. The molecule has 4 nitrogen and oxygen atoms in total. The molecule has 0 aliphatic carbocycles. The maximum atomic E-state index is 5.91. The minimum absolute atomic E-state index is 0.0615. The lowest BCUT2D eigenvalue weighted by molar-refractivity contribution is -0.0551. The van der Waals surface area contributed by atoms with Crippen LogP contribution in [0.15, 0.2) is 5.38 Å². The number of nitrogens with zero attached hydrogens (tertiary/aromatic N) is 1. The van der Waals surface area contributed by atoms with E-state index in [0.717, 1.165) is 23.5 Å². The van der Waals surface area contributed by atoms with E-state index in [0.29, 0.717) is 6.61 Å². The van der Waals surface area contributed by atoms with Crippen LogP contribution in [0.3, 0.4) is 0 Å². The van der Waals surface area contributed by atoms with Gasteiger partial charge in [-0.3, -0.25) is 11.3 Å². The zero-order chi connectivity index (χ0) is 15.4. The second-order valence-corrected chi connectivity index (χ2v) is 7.34. The van der Waals surface area contributed by atoms with Crippen molar-refractivity contribution in [3.8, 4) is 0 Å². The molecule has 5 heteroatoms. The van der Waals surface area contributed by atoms with Crippen LogP contribution in [-0.2, 0) is 16.6 Å². The predicted octanol–water partition coefficient (Wildman–Crippen LogP) is 3.02. The summed E-state index contributed by atoms with van der Waals surface area (Å²) in [6.07, 6.45) is 1.70. The molecular formula is C15H29N3OS. The fraction of sp³-hybridized carbons (Fsp3) is 0.800. The van der Waals surface area contributed by atoms with Crippen LogP contribution >= 0.6 is 11.3 Å². The maximum absolute atomic E-state index is 5.91. The SMILES string of the molecule is CCOC(C)(CC)C(Cc1nc(C(C)(C)C)cs1)NN. The van der Waals surface area contributed by atoms with Crippen molar-refractivity contribution in [1.82, 2.24) is 10.4 Å². The molecule has 0 saturated carbocycles. The first-order valence-corrected chi connectivity index (χ1v) is 8.19. The van der Waals surface area contributed by atoms with Crippen LogP contribution in [0.2, 0.25) is 0 Å². The first kappa shape index (κ1) is 17.6. The van der Waals surface area contributed by atoms with Gasteiger partial charge >= 0.3 is 0 Å². The predicted molar refractivity (Wildman–Crippen MR) is 86.0 cm³/mol. The van der Waals surface area contributed by atoms with Gasteiger partial charge in [-0.05, 0) is 20.3 Å². The summed E-state index contributed by atoms with van der Waals surface area (Å²) < 4.78 is 5.91. The van der Waals surface area contributed by atoms with Gasteiger partial charge < -0.3 is 4.74 Å². The Labute approximate surface area is 127 Å². The second-order valence-electron chi connectivity index (χ2n) is 6.40. The van der Waals surface area contributed by atoms with Gasteiger partial charge in [-0.15, -0.1) is 11.3 Å². The molecule has 0 spiro atoms. The number of rotatable bonds is 7. The monoisotopic (exact) mass is 299 g/mol. The third-order valence-corrected chi connectivity index (χ3v) is 4.68. The quantitative estimate of drug-likeness (QED) is 0.600. The van der Waals surface area contributed by atoms with Gasteiger partial charge in [0.15, 0.2) is 0 Å². The van der Waals surface area contributed by atoms with Crippen LogP contribution < -0.4 is 11.3 Å². The average Bonchev–Trinajstić information content (AvgIpc) is 2.84. The summed E-state index contributed by atoms with van der Waals surface area (Å²) in [6, 6.07) is 0.0615. The number of aromatic nitrogens is 1. The van der Waals surface area contributed by atoms with E-state index < -0.39 is 0 Å². The van der Waals surface area contributed by atoms with Crippen LogP contribution in [0.1, 0.15) is 58.7 Å². The fourth-order valence-corrected chi connectivity index (χ4v) is 3.22. The fourth-order valence-electron chi connectivity index (χ4n) is 2.15. The van der Waals surface area contributed by atoms with Crippen molar-refractivity contribution >= 4 is 11.3 Å². The summed E-state index contributed by atoms with van der Waals surface area (Å²) in [5.74, 6) is 5.75. The molecule has 1 aromatic rings. The highest BCUT2D eigenvalue weighted by molar-refractivity contribution is 7.09. The second kappa shape index (κ2) is 6.98. The minimum atomic E-state index is -0.267. The summed E-state index contributed by atoms with van der Waals surface area (Å²) in [5.41, 5.74) is 3.88. The highest BCUT2D eigenvalue weighted by atomic mass is 32.1. The zero-order valence-electron chi connectivity index (χ0n) is 13.6. The normalized spacial score (nSPS) is 16.9. The largest absolute Gasteiger partial charge is 0.374 e. The van der Waals surface area contributed by atoms with E-state index in [1.54, 1.807) is 11.3 Å². The van der Waals surface area contributed by atoms with Crippen LogP contribution in [0.5, 0.6) is 0 Å². The molecule has 1 heterocycles. The Balaban J connectivity index is 2.85. The Morgan fingerprint density at radius 2 is 2.00 bits per heavy atom. The van der Waals surface area contributed by atoms with E-state index in [2.05, 4.69) is 45.4 Å². The molecule has 116 valence electrons. The van der Waals surface area contributed by atoms with E-state index in [9.17, 15) is 0 Å². The molecule has 20 heavy (non-hydrogen) atoms. The zero-order valence-corrected chi connectivity index (χ0v) is 14.4. The topological polar surface area (TPSA) is 60.2 Å². The van der Waals surface area contributed by atoms with Gasteiger partial charge in [-0.25, -0.2) is 4.98 Å². The van der Waals surface area contributed by atoms with Gasteiger partial charge in [0.2, 0.25) is 0 Å². The van der Waals surface area contributed by atoms with Crippen LogP contribution in [0.25, 0.3) is 0 Å². The van der Waals surface area contributed by atoms with E-state index in [1.165, 1.54) is 0 Å². The molecule has 0 bridgehead atoms. The van der Waals surface area contributed by atoms with E-state index in [1.807, 2.05) is 6.92 Å². The smallest absolute Gasteiger partial charge is 0.0945 e. The molecule has 0 saturated heterocycles. The molecule has 1 rings (SSSR count). The Morgan fingerprint density at radius 3 is 2.40 bits per heavy atom. The standard InChI is InChI=1S/C15H29N3OS/c1-7-15(6,19-8-2)11(18-16)9-13-17-12(10-20-13)14(3,4)5/h10-11,18H,7-9,16H2,1-6H3. The van der Waals surface area contributed by atoms with Crippen molar-refractivity contribution in [3.63, 3.8) is 0 Å². The molecule has 2 unspecified atom stereocenters. The van der Waals surface area contributed by atoms with Gasteiger partial charge in [0.05, 0.1) is 22.3 Å². The molecule has 2 atom stereocenters. The van der Waals surface area contributed by atoms with Gasteiger partial charge in [0, 0.05) is 23.8 Å². The van der Waals surface area contributed by atoms with Crippen molar-refractivity contribution in [3.05, 3.63) is 16.1 Å². The number of hydrogen-bond donors (Lipinski definition) is 2. The number of hydrogen-bond acceptors (Lipinski definition) is 5. The summed E-state index contributed by atoms with van der Waals surface area (Å²) >= 11 is 1.70. The molecular weight excluding hydrogens is 270 g/mol. The molecule has 0 fully saturated rings.